The van der Waals surface area contributed by atoms with Crippen LogP contribution in [0.2, 0.25) is 0 Å². The summed E-state index contributed by atoms with van der Waals surface area (Å²) < 4.78 is 11.2. The summed E-state index contributed by atoms with van der Waals surface area (Å²) in [5.74, 6) is 1.24. The van der Waals surface area contributed by atoms with Crippen LogP contribution in [-0.2, 0) is 13.0 Å². The predicted molar refractivity (Wildman–Crippen MR) is 108 cm³/mol. The van der Waals surface area contributed by atoms with Crippen molar-refractivity contribution in [2.45, 2.75) is 44.6 Å². The Morgan fingerprint density at radius 2 is 2.03 bits per heavy atom. The van der Waals surface area contributed by atoms with Gasteiger partial charge in [0.05, 0.1) is 24.1 Å². The van der Waals surface area contributed by atoms with Crippen molar-refractivity contribution in [3.05, 3.63) is 70.9 Å². The number of nitrogens with one attached hydrogen (secondary N) is 1. The molecule has 0 spiro atoms. The molecule has 3 N–H and O–H groups in total. The molecule has 0 saturated carbocycles. The molecule has 0 saturated heterocycles. The Bertz CT molecular complexity index is 1100. The van der Waals surface area contributed by atoms with Crippen LogP contribution in [-0.4, -0.2) is 32.1 Å². The van der Waals surface area contributed by atoms with E-state index in [1.165, 1.54) is 0 Å². The number of anilines is 1. The molecule has 0 aliphatic carbocycles. The number of ether oxygens (including phenoxy) is 1. The lowest BCUT2D eigenvalue weighted by molar-refractivity contribution is -0.0532. The largest absolute Gasteiger partial charge is 0.485 e. The molecule has 30 heavy (non-hydrogen) atoms. The van der Waals surface area contributed by atoms with Gasteiger partial charge in [0.2, 0.25) is 5.89 Å². The first kappa shape index (κ1) is 19.9. The van der Waals surface area contributed by atoms with Gasteiger partial charge in [0.25, 0.3) is 0 Å². The van der Waals surface area contributed by atoms with Gasteiger partial charge in [-0.25, -0.2) is 0 Å². The highest BCUT2D eigenvalue weighted by Crippen LogP contribution is 2.42. The number of fused-ring (bicyclic) bond motifs is 1. The molecule has 1 aliphatic rings. The van der Waals surface area contributed by atoms with Crippen molar-refractivity contribution >= 4 is 5.69 Å². The number of aromatic nitrogens is 2. The van der Waals surface area contributed by atoms with Crippen LogP contribution in [0.25, 0.3) is 0 Å². The maximum atomic E-state index is 11.0. The van der Waals surface area contributed by atoms with Gasteiger partial charge in [0.15, 0.2) is 5.82 Å². The molecule has 154 valence electrons. The van der Waals surface area contributed by atoms with Crippen molar-refractivity contribution in [3.8, 4) is 11.8 Å². The zero-order valence-corrected chi connectivity index (χ0v) is 16.7. The lowest BCUT2D eigenvalue weighted by Gasteiger charge is -2.42. The summed E-state index contributed by atoms with van der Waals surface area (Å²) in [6.07, 6.45) is -0.499. The number of hydrogen-bond acceptors (Lipinski definition) is 8. The van der Waals surface area contributed by atoms with Crippen LogP contribution in [0.15, 0.2) is 47.0 Å². The average molecular weight is 406 g/mol. The monoisotopic (exact) mass is 406 g/mol. The minimum absolute atomic E-state index is 0.231. The van der Waals surface area contributed by atoms with Crippen LogP contribution >= 0.6 is 0 Å². The fourth-order valence-electron chi connectivity index (χ4n) is 3.60. The molecule has 3 aromatic rings. The number of hydrogen-bond donors (Lipinski definition) is 3. The minimum Gasteiger partial charge on any atom is -0.485 e. The highest BCUT2D eigenvalue weighted by Gasteiger charge is 2.43. The van der Waals surface area contributed by atoms with Crippen LogP contribution in [0.4, 0.5) is 5.69 Å². The number of benzene rings is 2. The second kappa shape index (κ2) is 7.78. The van der Waals surface area contributed by atoms with E-state index in [9.17, 15) is 10.4 Å². The lowest BCUT2D eigenvalue weighted by Crippen LogP contribution is -2.50. The number of aliphatic hydroxyl groups is 2. The Morgan fingerprint density at radius 1 is 1.23 bits per heavy atom. The van der Waals surface area contributed by atoms with E-state index < -0.39 is 17.7 Å². The first-order valence-electron chi connectivity index (χ1n) is 9.59. The Morgan fingerprint density at radius 3 is 2.77 bits per heavy atom. The molecule has 2 atom stereocenters. The van der Waals surface area contributed by atoms with Crippen LogP contribution in [0, 0.1) is 11.3 Å². The quantitative estimate of drug-likeness (QED) is 0.591. The fraction of sp³-hybridized carbons (Fsp3) is 0.318. The highest BCUT2D eigenvalue weighted by atomic mass is 16.5. The van der Waals surface area contributed by atoms with E-state index in [2.05, 4.69) is 21.5 Å². The molecule has 0 amide bonds. The molecular formula is C22H22N4O4. The van der Waals surface area contributed by atoms with Crippen LogP contribution < -0.4 is 10.1 Å². The molecule has 0 unspecified atom stereocenters. The van der Waals surface area contributed by atoms with E-state index >= 15 is 0 Å². The van der Waals surface area contributed by atoms with Crippen molar-refractivity contribution < 1.29 is 19.5 Å². The molecule has 8 heteroatoms. The number of nitrogens with zero attached hydrogens (tertiary/aromatic N) is 3. The summed E-state index contributed by atoms with van der Waals surface area (Å²) in [5.41, 5.74) is 2.07. The Balaban J connectivity index is 1.69. The summed E-state index contributed by atoms with van der Waals surface area (Å²) >= 11 is 0. The standard InChI is InChI=1S/C22H22N4O4/c1-22(2)21(28)20(15-9-13(11-23)7-8-17(15)29-22)24-16-6-4-3-5-14(16)10-19-25-18(12-27)26-30-19/h3-9,20-21,24,27-28H,10,12H2,1-2H3/t20-,21+/m0/s1. The Kier molecular flexibility index (Phi) is 5.16. The normalized spacial score (nSPS) is 19.4. The van der Waals surface area contributed by atoms with Crippen molar-refractivity contribution in [1.29, 1.82) is 5.26 Å². The van der Waals surface area contributed by atoms with Crippen molar-refractivity contribution in [1.82, 2.24) is 10.1 Å². The van der Waals surface area contributed by atoms with Gasteiger partial charge in [-0.3, -0.25) is 0 Å². The van der Waals surface area contributed by atoms with Crippen molar-refractivity contribution in [2.75, 3.05) is 5.32 Å². The molecule has 2 aromatic carbocycles. The molecule has 0 radical (unpaired) electrons. The molecule has 1 aliphatic heterocycles. The van der Waals surface area contributed by atoms with Gasteiger partial charge in [-0.1, -0.05) is 23.4 Å². The van der Waals surface area contributed by atoms with E-state index in [1.54, 1.807) is 18.2 Å². The number of para-hydroxylation sites is 1. The Hall–Kier alpha value is -3.41. The predicted octanol–water partition coefficient (Wildman–Crippen LogP) is 2.71. The van der Waals surface area contributed by atoms with Crippen LogP contribution in [0.3, 0.4) is 0 Å². The molecule has 1 aromatic heterocycles. The van der Waals surface area contributed by atoms with Gasteiger partial charge in [0.1, 0.15) is 24.1 Å². The van der Waals surface area contributed by atoms with Gasteiger partial charge in [-0.2, -0.15) is 10.2 Å². The highest BCUT2D eigenvalue weighted by molar-refractivity contribution is 5.56. The fourth-order valence-corrected chi connectivity index (χ4v) is 3.60. The summed E-state index contributed by atoms with van der Waals surface area (Å²) in [6, 6.07) is 14.5. The summed E-state index contributed by atoms with van der Waals surface area (Å²) in [6.45, 7) is 3.37. The van der Waals surface area contributed by atoms with Gasteiger partial charge < -0.3 is 24.8 Å². The van der Waals surface area contributed by atoms with E-state index in [4.69, 9.17) is 14.4 Å². The number of aliphatic hydroxyl groups excluding tert-OH is 2. The smallest absolute Gasteiger partial charge is 0.231 e. The third kappa shape index (κ3) is 3.73. The van der Waals surface area contributed by atoms with E-state index in [1.807, 2.05) is 38.1 Å². The van der Waals surface area contributed by atoms with Gasteiger partial charge >= 0.3 is 0 Å². The average Bonchev–Trinajstić information content (AvgIpc) is 3.20. The summed E-state index contributed by atoms with van der Waals surface area (Å²) in [7, 11) is 0. The maximum Gasteiger partial charge on any atom is 0.231 e. The first-order valence-corrected chi connectivity index (χ1v) is 9.59. The SMILES string of the molecule is CC1(C)Oc2ccc(C#N)cc2[C@H](Nc2ccccc2Cc2nc(CO)no2)[C@H]1O. The molecule has 8 nitrogen and oxygen atoms in total. The topological polar surface area (TPSA) is 124 Å². The second-order valence-electron chi connectivity index (χ2n) is 7.73. The van der Waals surface area contributed by atoms with Gasteiger partial charge in [-0.15, -0.1) is 0 Å². The number of nitriles is 1. The number of rotatable bonds is 5. The zero-order chi connectivity index (χ0) is 21.3. The molecule has 0 bridgehead atoms. The minimum atomic E-state index is -0.864. The third-order valence-corrected chi connectivity index (χ3v) is 5.20. The zero-order valence-electron chi connectivity index (χ0n) is 16.7. The van der Waals surface area contributed by atoms with E-state index in [0.717, 1.165) is 16.8 Å². The third-order valence-electron chi connectivity index (χ3n) is 5.20. The van der Waals surface area contributed by atoms with Crippen LogP contribution in [0.1, 0.15) is 48.3 Å². The van der Waals surface area contributed by atoms with E-state index in [0.29, 0.717) is 23.6 Å². The molecular weight excluding hydrogens is 384 g/mol. The summed E-state index contributed by atoms with van der Waals surface area (Å²) in [5, 5.41) is 36.6. The Labute approximate surface area is 173 Å². The lowest BCUT2D eigenvalue weighted by atomic mass is 9.85. The van der Waals surface area contributed by atoms with Crippen LogP contribution in [0.5, 0.6) is 5.75 Å². The summed E-state index contributed by atoms with van der Waals surface area (Å²) in [4.78, 5) is 4.15. The van der Waals surface area contributed by atoms with Crippen molar-refractivity contribution in [3.63, 3.8) is 0 Å². The second-order valence-corrected chi connectivity index (χ2v) is 7.73. The van der Waals surface area contributed by atoms with Gasteiger partial charge in [0, 0.05) is 11.3 Å². The van der Waals surface area contributed by atoms with E-state index in [-0.39, 0.29) is 12.4 Å². The van der Waals surface area contributed by atoms with Gasteiger partial charge in [-0.05, 0) is 43.7 Å². The molecule has 4 rings (SSSR count). The maximum absolute atomic E-state index is 11.0. The first-order chi connectivity index (χ1) is 14.4. The molecule has 0 fully saturated rings. The van der Waals surface area contributed by atoms with Crippen molar-refractivity contribution in [2.24, 2.45) is 0 Å². The molecule has 2 heterocycles.